The fourth-order valence-corrected chi connectivity index (χ4v) is 7.87. The molecule has 1 aliphatic carbocycles. The maximum atomic E-state index is 13.3. The summed E-state index contributed by atoms with van der Waals surface area (Å²) in [5.74, 6) is 1.79. The number of hydrogen-bond donors (Lipinski definition) is 2. The van der Waals surface area contributed by atoms with Crippen LogP contribution >= 0.6 is 31.9 Å². The molecule has 0 spiro atoms. The molecular formula is C42H48Br2N6O4. The smallest absolute Gasteiger partial charge is 0.415 e. The average Bonchev–Trinajstić information content (AvgIpc) is 3.81. The first-order valence-corrected chi connectivity index (χ1v) is 19.9. The molecule has 2 fully saturated rings. The molecule has 1 saturated heterocycles. The molecule has 4 aromatic rings. The van der Waals surface area contributed by atoms with Crippen molar-refractivity contribution in [2.24, 2.45) is 5.92 Å². The van der Waals surface area contributed by atoms with Gasteiger partial charge in [-0.15, -0.1) is 5.73 Å². The minimum Gasteiger partial charge on any atom is -0.444 e. The Bertz CT molecular complexity index is 2080. The lowest BCUT2D eigenvalue weighted by atomic mass is 9.80. The highest BCUT2D eigenvalue weighted by Gasteiger charge is 2.39. The van der Waals surface area contributed by atoms with Gasteiger partial charge in [0.1, 0.15) is 43.4 Å². The van der Waals surface area contributed by atoms with Gasteiger partial charge >= 0.3 is 12.2 Å². The van der Waals surface area contributed by atoms with Crippen LogP contribution < -0.4 is 0 Å². The molecular weight excluding hydrogens is 812 g/mol. The topological polar surface area (TPSA) is 116 Å². The molecule has 0 radical (unpaired) electrons. The fourth-order valence-electron chi connectivity index (χ4n) is 6.80. The minimum absolute atomic E-state index is 0.131. The van der Waals surface area contributed by atoms with Crippen molar-refractivity contribution in [1.29, 1.82) is 0 Å². The summed E-state index contributed by atoms with van der Waals surface area (Å²) in [5, 5.41) is 0. The van der Waals surface area contributed by atoms with Crippen molar-refractivity contribution in [1.82, 2.24) is 29.7 Å². The SMILES string of the molecule is C=C=CC=C1CCC(c2nc(-c3ccc(-c4ccc(-c5nc(CN(C(=O)OC(C)(C)C)C6CCC6C)[nH]c5Br)cc4)cc3)c(Br)[nH]2)N1C(=O)OC(C)(C)C. The quantitative estimate of drug-likeness (QED) is 0.170. The number of hydrogen-bond acceptors (Lipinski definition) is 6. The molecule has 2 aromatic heterocycles. The fraction of sp³-hybridized carbons (Fsp3) is 0.405. The Morgan fingerprint density at radius 3 is 1.94 bits per heavy atom. The second kappa shape index (κ2) is 15.8. The Kier molecular flexibility index (Phi) is 11.5. The molecule has 3 unspecified atom stereocenters. The van der Waals surface area contributed by atoms with Gasteiger partial charge in [-0.25, -0.2) is 19.6 Å². The number of aromatic amines is 2. The number of ether oxygens (including phenoxy) is 2. The summed E-state index contributed by atoms with van der Waals surface area (Å²) in [6.07, 6.45) is 6.27. The molecule has 0 bridgehead atoms. The van der Waals surface area contributed by atoms with E-state index in [1.54, 1.807) is 11.0 Å². The number of aromatic nitrogens is 4. The first-order valence-electron chi connectivity index (χ1n) is 18.3. The number of rotatable bonds is 8. The largest absolute Gasteiger partial charge is 0.444 e. The predicted molar refractivity (Wildman–Crippen MR) is 218 cm³/mol. The van der Waals surface area contributed by atoms with E-state index < -0.39 is 17.3 Å². The van der Waals surface area contributed by atoms with Gasteiger partial charge in [-0.1, -0.05) is 62.0 Å². The zero-order valence-corrected chi connectivity index (χ0v) is 35.1. The number of H-pyrrole nitrogens is 2. The van der Waals surface area contributed by atoms with Crippen molar-refractivity contribution in [2.75, 3.05) is 0 Å². The molecule has 1 saturated carbocycles. The van der Waals surface area contributed by atoms with Crippen LogP contribution in [0.5, 0.6) is 0 Å². The van der Waals surface area contributed by atoms with E-state index in [9.17, 15) is 9.59 Å². The van der Waals surface area contributed by atoms with E-state index in [1.165, 1.54) is 0 Å². The Morgan fingerprint density at radius 2 is 1.43 bits per heavy atom. The van der Waals surface area contributed by atoms with Crippen LogP contribution in [0.15, 0.2) is 87.9 Å². The summed E-state index contributed by atoms with van der Waals surface area (Å²) < 4.78 is 13.0. The van der Waals surface area contributed by atoms with Gasteiger partial charge in [-0.05, 0) is 128 Å². The number of carbonyl (C=O) groups excluding carboxylic acids is 2. The Morgan fingerprint density at radius 1 is 0.870 bits per heavy atom. The van der Waals surface area contributed by atoms with Crippen molar-refractivity contribution < 1.29 is 19.1 Å². The molecule has 3 heterocycles. The maximum absolute atomic E-state index is 13.3. The third-order valence-electron chi connectivity index (χ3n) is 9.55. The number of allylic oxidation sites excluding steroid dienone is 3. The molecule has 2 amide bonds. The van der Waals surface area contributed by atoms with Gasteiger partial charge in [0.25, 0.3) is 0 Å². The Hall–Kier alpha value is -4.38. The van der Waals surface area contributed by atoms with Crippen molar-refractivity contribution >= 4 is 44.0 Å². The third kappa shape index (κ3) is 8.94. The predicted octanol–water partition coefficient (Wildman–Crippen LogP) is 11.5. The van der Waals surface area contributed by atoms with Gasteiger partial charge in [-0.2, -0.15) is 0 Å². The lowest BCUT2D eigenvalue weighted by Gasteiger charge is -2.42. The lowest BCUT2D eigenvalue weighted by molar-refractivity contribution is -0.00805. The summed E-state index contributed by atoms with van der Waals surface area (Å²) in [5.41, 5.74) is 7.91. The van der Waals surface area contributed by atoms with Gasteiger partial charge < -0.3 is 19.4 Å². The number of nitrogens with one attached hydrogen (secondary N) is 2. The molecule has 54 heavy (non-hydrogen) atoms. The molecule has 10 nitrogen and oxygen atoms in total. The Balaban J connectivity index is 1.17. The molecule has 2 aliphatic rings. The van der Waals surface area contributed by atoms with Gasteiger partial charge in [0.15, 0.2) is 0 Å². The van der Waals surface area contributed by atoms with Crippen LogP contribution in [0, 0.1) is 5.92 Å². The summed E-state index contributed by atoms with van der Waals surface area (Å²) in [6, 6.07) is 16.3. The van der Waals surface area contributed by atoms with E-state index in [0.29, 0.717) is 37.0 Å². The van der Waals surface area contributed by atoms with Crippen LogP contribution in [-0.2, 0) is 16.0 Å². The number of carbonyl (C=O) groups is 2. The highest BCUT2D eigenvalue weighted by Crippen LogP contribution is 2.41. The Labute approximate surface area is 334 Å². The molecule has 1 aliphatic heterocycles. The number of nitrogens with zero attached hydrogens (tertiary/aromatic N) is 4. The van der Waals surface area contributed by atoms with Crippen LogP contribution in [0.2, 0.25) is 0 Å². The summed E-state index contributed by atoms with van der Waals surface area (Å²) in [7, 11) is 0. The van der Waals surface area contributed by atoms with Crippen molar-refractivity contribution in [3.05, 3.63) is 99.5 Å². The van der Waals surface area contributed by atoms with Gasteiger partial charge in [-0.3, -0.25) is 9.80 Å². The molecule has 12 heteroatoms. The normalized spacial score (nSPS) is 19.3. The first kappa shape index (κ1) is 39.3. The van der Waals surface area contributed by atoms with E-state index in [-0.39, 0.29) is 18.2 Å². The highest BCUT2D eigenvalue weighted by molar-refractivity contribution is 9.10. The van der Waals surface area contributed by atoms with Crippen molar-refractivity contribution in [3.8, 4) is 33.6 Å². The number of imidazole rings is 2. The van der Waals surface area contributed by atoms with E-state index in [0.717, 1.165) is 61.4 Å². The second-order valence-corrected chi connectivity index (χ2v) is 17.5. The zero-order valence-electron chi connectivity index (χ0n) is 31.9. The molecule has 3 atom stereocenters. The second-order valence-electron chi connectivity index (χ2n) is 15.9. The average molecular weight is 861 g/mol. The third-order valence-corrected chi connectivity index (χ3v) is 10.7. The van der Waals surface area contributed by atoms with Crippen LogP contribution in [0.3, 0.4) is 0 Å². The zero-order chi connectivity index (χ0) is 38.9. The molecule has 2 aromatic carbocycles. The lowest BCUT2D eigenvalue weighted by Crippen LogP contribution is -2.50. The van der Waals surface area contributed by atoms with Gasteiger partial charge in [0.2, 0.25) is 0 Å². The first-order chi connectivity index (χ1) is 25.5. The number of likely N-dealkylation sites (tertiary alicyclic amines) is 1. The van der Waals surface area contributed by atoms with E-state index in [1.807, 2.05) is 64.7 Å². The van der Waals surface area contributed by atoms with Crippen LogP contribution in [0.25, 0.3) is 33.6 Å². The molecule has 6 rings (SSSR count). The number of halogens is 2. The van der Waals surface area contributed by atoms with Crippen molar-refractivity contribution in [3.63, 3.8) is 0 Å². The molecule has 284 valence electrons. The van der Waals surface area contributed by atoms with Crippen LogP contribution in [0.4, 0.5) is 9.59 Å². The summed E-state index contributed by atoms with van der Waals surface area (Å²) >= 11 is 7.35. The summed E-state index contributed by atoms with van der Waals surface area (Å²) in [6.45, 7) is 17.4. The number of benzene rings is 2. The van der Waals surface area contributed by atoms with Crippen LogP contribution in [-0.4, -0.2) is 59.2 Å². The monoisotopic (exact) mass is 858 g/mol. The standard InChI is InChI=1S/C42H48Br2N6O4/c1-9-10-11-30-21-23-32(50(30)40(52)54-42(6,7)8)38-47-35(37(44)48-38)29-19-15-27(16-20-29)26-13-17-28(18-14-26)34-36(43)46-33(45-34)24-49(31-22-12-25(31)2)39(51)53-41(3,4)5/h10-11,13-20,25,31-32H,1,12,21-24H2,2-8H3,(H,45,46)(H,47,48). The van der Waals surface area contributed by atoms with Gasteiger partial charge in [0.05, 0.1) is 12.6 Å². The highest BCUT2D eigenvalue weighted by atomic mass is 79.9. The van der Waals surface area contributed by atoms with E-state index >= 15 is 0 Å². The van der Waals surface area contributed by atoms with Crippen molar-refractivity contribution in [2.45, 2.75) is 104 Å². The molecule has 2 N–H and O–H groups in total. The van der Waals surface area contributed by atoms with E-state index in [2.05, 4.69) is 97.5 Å². The summed E-state index contributed by atoms with van der Waals surface area (Å²) in [4.78, 5) is 46.6. The van der Waals surface area contributed by atoms with Crippen LogP contribution in [0.1, 0.15) is 91.8 Å². The number of amides is 2. The maximum Gasteiger partial charge on any atom is 0.415 e. The van der Waals surface area contributed by atoms with E-state index in [4.69, 9.17) is 19.4 Å². The minimum atomic E-state index is -0.638. The van der Waals surface area contributed by atoms with Gasteiger partial charge in [0, 0.05) is 22.9 Å².